The van der Waals surface area contributed by atoms with Gasteiger partial charge in [0, 0.05) is 24.2 Å². The highest BCUT2D eigenvalue weighted by atomic mass is 79.9. The molecule has 0 spiro atoms. The van der Waals surface area contributed by atoms with Crippen molar-refractivity contribution in [3.8, 4) is 5.75 Å². The van der Waals surface area contributed by atoms with Crippen molar-refractivity contribution in [2.75, 3.05) is 32.9 Å². The lowest BCUT2D eigenvalue weighted by molar-refractivity contribution is 0.185. The molecule has 3 nitrogen and oxygen atoms in total. The Morgan fingerprint density at radius 2 is 2.28 bits per heavy atom. The third kappa shape index (κ3) is 4.53. The Labute approximate surface area is 124 Å². The number of hydrogen-bond acceptors (Lipinski definition) is 3. The Morgan fingerprint density at radius 1 is 1.39 bits per heavy atom. The normalized spacial score (nSPS) is 19.1. The van der Waals surface area contributed by atoms with Gasteiger partial charge in [0.15, 0.2) is 0 Å². The molecule has 1 aliphatic rings. The van der Waals surface area contributed by atoms with E-state index >= 15 is 0 Å². The van der Waals surface area contributed by atoms with Crippen molar-refractivity contribution in [3.05, 3.63) is 27.1 Å². The fourth-order valence-electron chi connectivity index (χ4n) is 1.88. The van der Waals surface area contributed by atoms with Crippen molar-refractivity contribution < 1.29 is 9.47 Å². The highest BCUT2D eigenvalue weighted by Gasteiger charge is 2.14. The summed E-state index contributed by atoms with van der Waals surface area (Å²) in [6.45, 7) is 4.36. The lowest BCUT2D eigenvalue weighted by atomic mass is 10.1. The summed E-state index contributed by atoms with van der Waals surface area (Å²) in [5.41, 5.74) is 0. The molecule has 1 atom stereocenters. The summed E-state index contributed by atoms with van der Waals surface area (Å²) in [4.78, 5) is 0. The van der Waals surface area contributed by atoms with Crippen LogP contribution in [0.25, 0.3) is 0 Å². The molecule has 18 heavy (non-hydrogen) atoms. The fraction of sp³-hybridized carbons (Fsp3) is 0.538. The summed E-state index contributed by atoms with van der Waals surface area (Å²) in [6, 6.07) is 5.92. The van der Waals surface area contributed by atoms with Crippen LogP contribution in [0.3, 0.4) is 0 Å². The van der Waals surface area contributed by atoms with Gasteiger partial charge in [-0.2, -0.15) is 0 Å². The van der Waals surface area contributed by atoms with E-state index in [2.05, 4.69) is 37.2 Å². The zero-order valence-electron chi connectivity index (χ0n) is 10.1. The molecule has 0 amide bonds. The summed E-state index contributed by atoms with van der Waals surface area (Å²) >= 11 is 6.90. The first-order valence-electron chi connectivity index (χ1n) is 6.12. The Morgan fingerprint density at radius 3 is 3.00 bits per heavy atom. The van der Waals surface area contributed by atoms with E-state index in [-0.39, 0.29) is 0 Å². The molecule has 2 rings (SSSR count). The average molecular weight is 379 g/mol. The van der Waals surface area contributed by atoms with Crippen LogP contribution in [0.1, 0.15) is 6.42 Å². The maximum Gasteiger partial charge on any atom is 0.133 e. The topological polar surface area (TPSA) is 30.5 Å². The molecule has 0 bridgehead atoms. The first kappa shape index (κ1) is 14.3. The van der Waals surface area contributed by atoms with E-state index in [4.69, 9.17) is 9.47 Å². The standard InChI is InChI=1S/C13H17Br2NO2/c14-11-1-2-13(12(15)7-11)18-6-4-16-8-10-3-5-17-9-10/h1-2,7,10,16H,3-6,8-9H2. The summed E-state index contributed by atoms with van der Waals surface area (Å²) in [5.74, 6) is 1.55. The molecule has 0 aromatic heterocycles. The van der Waals surface area contributed by atoms with Gasteiger partial charge in [-0.1, -0.05) is 15.9 Å². The van der Waals surface area contributed by atoms with Crippen molar-refractivity contribution in [1.82, 2.24) is 5.32 Å². The van der Waals surface area contributed by atoms with E-state index < -0.39 is 0 Å². The van der Waals surface area contributed by atoms with E-state index in [0.29, 0.717) is 12.5 Å². The van der Waals surface area contributed by atoms with Gasteiger partial charge in [-0.25, -0.2) is 0 Å². The van der Waals surface area contributed by atoms with Crippen LogP contribution in [0.2, 0.25) is 0 Å². The number of benzene rings is 1. The smallest absolute Gasteiger partial charge is 0.133 e. The van der Waals surface area contributed by atoms with Crippen molar-refractivity contribution >= 4 is 31.9 Å². The molecule has 1 aliphatic heterocycles. The van der Waals surface area contributed by atoms with Crippen molar-refractivity contribution in [2.24, 2.45) is 5.92 Å². The van der Waals surface area contributed by atoms with Crippen molar-refractivity contribution in [3.63, 3.8) is 0 Å². The maximum atomic E-state index is 5.70. The molecule has 1 saturated heterocycles. The lowest BCUT2D eigenvalue weighted by Gasteiger charge is -2.11. The minimum Gasteiger partial charge on any atom is -0.491 e. The van der Waals surface area contributed by atoms with E-state index in [0.717, 1.165) is 41.0 Å². The van der Waals surface area contributed by atoms with Gasteiger partial charge in [-0.05, 0) is 46.5 Å². The molecule has 0 radical (unpaired) electrons. The van der Waals surface area contributed by atoms with Crippen LogP contribution < -0.4 is 10.1 Å². The van der Waals surface area contributed by atoms with Crippen LogP contribution in [0.4, 0.5) is 0 Å². The second-order valence-electron chi connectivity index (χ2n) is 4.36. The summed E-state index contributed by atoms with van der Waals surface area (Å²) < 4.78 is 13.0. The van der Waals surface area contributed by atoms with Gasteiger partial charge in [0.1, 0.15) is 12.4 Å². The third-order valence-corrected chi connectivity index (χ3v) is 4.00. The molecule has 1 unspecified atom stereocenters. The quantitative estimate of drug-likeness (QED) is 0.771. The van der Waals surface area contributed by atoms with Crippen LogP contribution >= 0.6 is 31.9 Å². The number of ether oxygens (including phenoxy) is 2. The molecule has 100 valence electrons. The van der Waals surface area contributed by atoms with Crippen LogP contribution in [0.5, 0.6) is 5.75 Å². The van der Waals surface area contributed by atoms with Gasteiger partial charge in [-0.15, -0.1) is 0 Å². The Hall–Kier alpha value is -0.100. The average Bonchev–Trinajstić information content (AvgIpc) is 2.84. The Balaban J connectivity index is 1.62. The molecule has 5 heteroatoms. The lowest BCUT2D eigenvalue weighted by Crippen LogP contribution is -2.27. The van der Waals surface area contributed by atoms with E-state index in [9.17, 15) is 0 Å². The molecule has 1 aromatic rings. The zero-order valence-corrected chi connectivity index (χ0v) is 13.3. The van der Waals surface area contributed by atoms with Gasteiger partial charge in [0.2, 0.25) is 0 Å². The van der Waals surface area contributed by atoms with Gasteiger partial charge in [0.25, 0.3) is 0 Å². The Kier molecular flexibility index (Phi) is 5.95. The minimum absolute atomic E-state index is 0.671. The van der Waals surface area contributed by atoms with Crippen molar-refractivity contribution in [1.29, 1.82) is 0 Å². The van der Waals surface area contributed by atoms with Gasteiger partial charge >= 0.3 is 0 Å². The van der Waals surface area contributed by atoms with E-state index in [1.807, 2.05) is 18.2 Å². The second-order valence-corrected chi connectivity index (χ2v) is 6.13. The second kappa shape index (κ2) is 7.48. The summed E-state index contributed by atoms with van der Waals surface area (Å²) in [5, 5.41) is 3.40. The largest absolute Gasteiger partial charge is 0.491 e. The number of halogens is 2. The number of nitrogens with one attached hydrogen (secondary N) is 1. The molecule has 0 aliphatic carbocycles. The van der Waals surface area contributed by atoms with Crippen LogP contribution in [-0.2, 0) is 4.74 Å². The first-order valence-corrected chi connectivity index (χ1v) is 7.70. The van der Waals surface area contributed by atoms with Crippen LogP contribution in [0, 0.1) is 5.92 Å². The summed E-state index contributed by atoms with van der Waals surface area (Å²) in [6.07, 6.45) is 1.17. The van der Waals surface area contributed by atoms with Gasteiger partial charge in [-0.3, -0.25) is 0 Å². The maximum absolute atomic E-state index is 5.70. The van der Waals surface area contributed by atoms with Crippen LogP contribution in [0.15, 0.2) is 27.1 Å². The monoisotopic (exact) mass is 377 g/mol. The number of rotatable bonds is 6. The third-order valence-electron chi connectivity index (χ3n) is 2.89. The molecular formula is C13H17Br2NO2. The van der Waals surface area contributed by atoms with Crippen LogP contribution in [-0.4, -0.2) is 32.9 Å². The van der Waals surface area contributed by atoms with Gasteiger partial charge < -0.3 is 14.8 Å². The summed E-state index contributed by atoms with van der Waals surface area (Å²) in [7, 11) is 0. The molecular weight excluding hydrogens is 362 g/mol. The zero-order chi connectivity index (χ0) is 12.8. The highest BCUT2D eigenvalue weighted by Crippen LogP contribution is 2.27. The Bertz CT molecular complexity index is 381. The van der Waals surface area contributed by atoms with Crippen molar-refractivity contribution in [2.45, 2.75) is 6.42 Å². The van der Waals surface area contributed by atoms with E-state index in [1.165, 1.54) is 6.42 Å². The molecule has 1 fully saturated rings. The highest BCUT2D eigenvalue weighted by molar-refractivity contribution is 9.11. The SMILES string of the molecule is Brc1ccc(OCCNCC2CCOC2)c(Br)c1. The molecule has 0 saturated carbocycles. The molecule has 1 N–H and O–H groups in total. The molecule has 1 heterocycles. The first-order chi connectivity index (χ1) is 8.75. The number of hydrogen-bond donors (Lipinski definition) is 1. The predicted molar refractivity (Wildman–Crippen MR) is 79.1 cm³/mol. The predicted octanol–water partition coefficient (Wildman–Crippen LogP) is 3.22. The molecule has 1 aromatic carbocycles. The minimum atomic E-state index is 0.671. The van der Waals surface area contributed by atoms with Gasteiger partial charge in [0.05, 0.1) is 11.1 Å². The van der Waals surface area contributed by atoms with E-state index in [1.54, 1.807) is 0 Å². The fourth-order valence-corrected chi connectivity index (χ4v) is 3.04.